The van der Waals surface area contributed by atoms with Gasteiger partial charge in [-0.1, -0.05) is 22.4 Å². The first-order valence-electron chi connectivity index (χ1n) is 6.55. The molecule has 1 fully saturated rings. The SMILES string of the molecule is Cc1cc(Br)cc2[nH]c(C3CCCC(N)C3)nc12. The van der Waals surface area contributed by atoms with Gasteiger partial charge in [-0.25, -0.2) is 4.98 Å². The van der Waals surface area contributed by atoms with Gasteiger partial charge in [0, 0.05) is 16.4 Å². The lowest BCUT2D eigenvalue weighted by atomic mass is 9.86. The topological polar surface area (TPSA) is 54.7 Å². The van der Waals surface area contributed by atoms with Crippen LogP contribution in [0.25, 0.3) is 11.0 Å². The molecule has 1 saturated carbocycles. The van der Waals surface area contributed by atoms with Crippen LogP contribution in [0, 0.1) is 6.92 Å². The Morgan fingerprint density at radius 2 is 2.22 bits per heavy atom. The molecule has 3 N–H and O–H groups in total. The van der Waals surface area contributed by atoms with Crippen molar-refractivity contribution in [2.24, 2.45) is 5.73 Å². The van der Waals surface area contributed by atoms with Gasteiger partial charge in [0.15, 0.2) is 0 Å². The molecular formula is C14H18BrN3. The summed E-state index contributed by atoms with van der Waals surface area (Å²) in [6.45, 7) is 2.10. The van der Waals surface area contributed by atoms with E-state index in [1.807, 2.05) is 0 Å². The number of aromatic amines is 1. The van der Waals surface area contributed by atoms with E-state index >= 15 is 0 Å². The van der Waals surface area contributed by atoms with Crippen molar-refractivity contribution in [3.63, 3.8) is 0 Å². The number of hydrogen-bond acceptors (Lipinski definition) is 2. The van der Waals surface area contributed by atoms with Crippen LogP contribution in [-0.2, 0) is 0 Å². The van der Waals surface area contributed by atoms with Crippen molar-refractivity contribution in [3.8, 4) is 0 Å². The molecular weight excluding hydrogens is 290 g/mol. The van der Waals surface area contributed by atoms with Crippen LogP contribution in [0.3, 0.4) is 0 Å². The van der Waals surface area contributed by atoms with Gasteiger partial charge in [-0.05, 0) is 43.9 Å². The van der Waals surface area contributed by atoms with Crippen LogP contribution in [0.1, 0.15) is 43.0 Å². The predicted molar refractivity (Wildman–Crippen MR) is 77.7 cm³/mol. The van der Waals surface area contributed by atoms with Gasteiger partial charge in [0.1, 0.15) is 5.82 Å². The minimum Gasteiger partial charge on any atom is -0.342 e. The summed E-state index contributed by atoms with van der Waals surface area (Å²) in [4.78, 5) is 8.25. The molecule has 0 spiro atoms. The Hall–Kier alpha value is -0.870. The van der Waals surface area contributed by atoms with E-state index in [2.05, 4.69) is 40.0 Å². The van der Waals surface area contributed by atoms with E-state index < -0.39 is 0 Å². The summed E-state index contributed by atoms with van der Waals surface area (Å²) in [5, 5.41) is 0. The lowest BCUT2D eigenvalue weighted by Gasteiger charge is -2.24. The molecule has 3 rings (SSSR count). The summed E-state index contributed by atoms with van der Waals surface area (Å²) in [7, 11) is 0. The number of nitrogens with one attached hydrogen (secondary N) is 1. The number of halogens is 1. The first kappa shape index (κ1) is 12.2. The van der Waals surface area contributed by atoms with E-state index in [4.69, 9.17) is 10.7 Å². The molecule has 2 aromatic rings. The van der Waals surface area contributed by atoms with Gasteiger partial charge in [-0.3, -0.25) is 0 Å². The molecule has 0 bridgehead atoms. The highest BCUT2D eigenvalue weighted by molar-refractivity contribution is 9.10. The summed E-state index contributed by atoms with van der Waals surface area (Å²) >= 11 is 3.53. The summed E-state index contributed by atoms with van der Waals surface area (Å²) in [5.41, 5.74) is 9.48. The van der Waals surface area contributed by atoms with Crippen molar-refractivity contribution in [1.29, 1.82) is 0 Å². The minimum absolute atomic E-state index is 0.338. The first-order chi connectivity index (χ1) is 8.63. The number of nitrogens with zero attached hydrogens (tertiary/aromatic N) is 1. The summed E-state index contributed by atoms with van der Waals surface area (Å²) in [6, 6.07) is 4.55. The molecule has 96 valence electrons. The number of imidazole rings is 1. The average molecular weight is 308 g/mol. The van der Waals surface area contributed by atoms with E-state index in [1.165, 1.54) is 18.4 Å². The molecule has 1 heterocycles. The number of nitrogens with two attached hydrogens (primary N) is 1. The molecule has 0 amide bonds. The van der Waals surface area contributed by atoms with Crippen molar-refractivity contribution in [3.05, 3.63) is 28.0 Å². The van der Waals surface area contributed by atoms with Crippen molar-refractivity contribution in [1.82, 2.24) is 9.97 Å². The van der Waals surface area contributed by atoms with Gasteiger partial charge in [-0.15, -0.1) is 0 Å². The predicted octanol–water partition coefficient (Wildman–Crippen LogP) is 3.62. The quantitative estimate of drug-likeness (QED) is 0.845. The van der Waals surface area contributed by atoms with Gasteiger partial charge in [0.25, 0.3) is 0 Å². The standard InChI is InChI=1S/C14H18BrN3/c1-8-5-10(15)7-12-13(8)18-14(17-12)9-3-2-4-11(16)6-9/h5,7,9,11H,2-4,6,16H2,1H3,(H,17,18). The van der Waals surface area contributed by atoms with Gasteiger partial charge < -0.3 is 10.7 Å². The van der Waals surface area contributed by atoms with E-state index in [9.17, 15) is 0 Å². The molecule has 1 aliphatic carbocycles. The van der Waals surface area contributed by atoms with Crippen LogP contribution in [0.15, 0.2) is 16.6 Å². The van der Waals surface area contributed by atoms with Gasteiger partial charge in [0.2, 0.25) is 0 Å². The molecule has 18 heavy (non-hydrogen) atoms. The summed E-state index contributed by atoms with van der Waals surface area (Å²) in [5.74, 6) is 1.61. The highest BCUT2D eigenvalue weighted by Gasteiger charge is 2.23. The Balaban J connectivity index is 2.00. The molecule has 0 saturated heterocycles. The second kappa shape index (κ2) is 4.67. The molecule has 2 atom stereocenters. The fourth-order valence-corrected chi connectivity index (χ4v) is 3.51. The van der Waals surface area contributed by atoms with Gasteiger partial charge >= 0.3 is 0 Å². The third-order valence-electron chi connectivity index (χ3n) is 3.86. The molecule has 0 radical (unpaired) electrons. The molecule has 1 aromatic heterocycles. The maximum Gasteiger partial charge on any atom is 0.110 e. The molecule has 4 heteroatoms. The van der Waals surface area contributed by atoms with Crippen molar-refractivity contribution in [2.75, 3.05) is 0 Å². The second-order valence-electron chi connectivity index (χ2n) is 5.36. The number of aromatic nitrogens is 2. The first-order valence-corrected chi connectivity index (χ1v) is 7.34. The van der Waals surface area contributed by atoms with E-state index in [0.29, 0.717) is 12.0 Å². The van der Waals surface area contributed by atoms with Crippen molar-refractivity contribution in [2.45, 2.75) is 44.6 Å². The number of rotatable bonds is 1. The van der Waals surface area contributed by atoms with Crippen molar-refractivity contribution < 1.29 is 0 Å². The highest BCUT2D eigenvalue weighted by atomic mass is 79.9. The van der Waals surface area contributed by atoms with Crippen LogP contribution in [0.4, 0.5) is 0 Å². The third-order valence-corrected chi connectivity index (χ3v) is 4.32. The number of H-pyrrole nitrogens is 1. The van der Waals surface area contributed by atoms with E-state index in [0.717, 1.165) is 34.2 Å². The van der Waals surface area contributed by atoms with Crippen LogP contribution < -0.4 is 5.73 Å². The normalized spacial score (nSPS) is 24.6. The molecule has 1 aliphatic rings. The number of hydrogen-bond donors (Lipinski definition) is 2. The zero-order valence-electron chi connectivity index (χ0n) is 10.5. The largest absolute Gasteiger partial charge is 0.342 e. The number of aryl methyl sites for hydroxylation is 1. The van der Waals surface area contributed by atoms with Crippen LogP contribution in [-0.4, -0.2) is 16.0 Å². The molecule has 0 aliphatic heterocycles. The van der Waals surface area contributed by atoms with E-state index in [-0.39, 0.29) is 0 Å². The fraction of sp³-hybridized carbons (Fsp3) is 0.500. The van der Waals surface area contributed by atoms with Crippen molar-refractivity contribution >= 4 is 27.0 Å². The van der Waals surface area contributed by atoms with Gasteiger partial charge in [0.05, 0.1) is 11.0 Å². The highest BCUT2D eigenvalue weighted by Crippen LogP contribution is 2.32. The maximum absolute atomic E-state index is 6.06. The fourth-order valence-electron chi connectivity index (χ4n) is 2.93. The molecule has 1 aromatic carbocycles. The monoisotopic (exact) mass is 307 g/mol. The molecule has 2 unspecified atom stereocenters. The zero-order valence-corrected chi connectivity index (χ0v) is 12.1. The summed E-state index contributed by atoms with van der Waals surface area (Å²) < 4.78 is 1.10. The lowest BCUT2D eigenvalue weighted by molar-refractivity contribution is 0.384. The average Bonchev–Trinajstić information content (AvgIpc) is 2.73. The van der Waals surface area contributed by atoms with Gasteiger partial charge in [-0.2, -0.15) is 0 Å². The Kier molecular flexibility index (Phi) is 3.16. The lowest BCUT2D eigenvalue weighted by Crippen LogP contribution is -2.27. The Bertz CT molecular complexity index is 576. The second-order valence-corrected chi connectivity index (χ2v) is 6.28. The number of fused-ring (bicyclic) bond motifs is 1. The van der Waals surface area contributed by atoms with Crippen LogP contribution in [0.5, 0.6) is 0 Å². The number of benzene rings is 1. The third kappa shape index (κ3) is 2.19. The Morgan fingerprint density at radius 3 is 3.00 bits per heavy atom. The summed E-state index contributed by atoms with van der Waals surface area (Å²) in [6.07, 6.45) is 4.63. The van der Waals surface area contributed by atoms with Crippen LogP contribution in [0.2, 0.25) is 0 Å². The Labute approximate surface area is 115 Å². The Morgan fingerprint density at radius 1 is 1.39 bits per heavy atom. The van der Waals surface area contributed by atoms with Crippen LogP contribution >= 0.6 is 15.9 Å². The zero-order chi connectivity index (χ0) is 12.7. The maximum atomic E-state index is 6.06. The van der Waals surface area contributed by atoms with E-state index in [1.54, 1.807) is 0 Å². The molecule has 3 nitrogen and oxygen atoms in total. The minimum atomic E-state index is 0.338. The smallest absolute Gasteiger partial charge is 0.110 e.